The number of aryl methyl sites for hydroxylation is 2. The zero-order chi connectivity index (χ0) is 14.7. The molecule has 0 radical (unpaired) electrons. The van der Waals surface area contributed by atoms with E-state index in [0.717, 1.165) is 11.1 Å². The van der Waals surface area contributed by atoms with Crippen LogP contribution in [0.2, 0.25) is 0 Å². The lowest BCUT2D eigenvalue weighted by molar-refractivity contribution is 0.0930. The van der Waals surface area contributed by atoms with E-state index in [1.165, 1.54) is 6.20 Å². The first-order valence-corrected chi connectivity index (χ1v) is 6.72. The van der Waals surface area contributed by atoms with E-state index in [9.17, 15) is 4.79 Å². The number of amides is 1. The summed E-state index contributed by atoms with van der Waals surface area (Å²) < 4.78 is 1.61. The molecule has 1 heterocycles. The number of nitrogens with zero attached hydrogens (tertiary/aromatic N) is 2. The number of nitrogens with two attached hydrogens (primary N) is 1. The summed E-state index contributed by atoms with van der Waals surface area (Å²) in [7, 11) is 0. The first-order chi connectivity index (χ1) is 9.54. The maximum atomic E-state index is 12.3. The highest BCUT2D eigenvalue weighted by molar-refractivity contribution is 5.97. The van der Waals surface area contributed by atoms with E-state index in [1.807, 2.05) is 45.0 Å². The fourth-order valence-electron chi connectivity index (χ4n) is 2.30. The number of hydrogen-bond donors (Lipinski definition) is 2. The van der Waals surface area contributed by atoms with Gasteiger partial charge in [-0.1, -0.05) is 24.3 Å². The Morgan fingerprint density at radius 2 is 2.15 bits per heavy atom. The monoisotopic (exact) mass is 272 g/mol. The number of nitrogens with one attached hydrogen (secondary N) is 1. The van der Waals surface area contributed by atoms with Crippen LogP contribution in [0.1, 0.15) is 41.5 Å². The Kier molecular flexibility index (Phi) is 4.08. The van der Waals surface area contributed by atoms with Gasteiger partial charge in [-0.25, -0.2) is 0 Å². The fraction of sp³-hybridized carbons (Fsp3) is 0.333. The van der Waals surface area contributed by atoms with Gasteiger partial charge in [-0.3, -0.25) is 9.48 Å². The molecular weight excluding hydrogens is 252 g/mol. The summed E-state index contributed by atoms with van der Waals surface area (Å²) in [5.41, 5.74) is 8.90. The average molecular weight is 272 g/mol. The largest absolute Gasteiger partial charge is 0.396 e. The lowest BCUT2D eigenvalue weighted by atomic mass is 10.0. The topological polar surface area (TPSA) is 72.9 Å². The van der Waals surface area contributed by atoms with E-state index >= 15 is 0 Å². The highest BCUT2D eigenvalue weighted by Gasteiger charge is 2.19. The van der Waals surface area contributed by atoms with Crippen molar-refractivity contribution in [3.8, 4) is 0 Å². The fourth-order valence-corrected chi connectivity index (χ4v) is 2.30. The van der Waals surface area contributed by atoms with Crippen LogP contribution in [0.4, 0.5) is 5.69 Å². The summed E-state index contributed by atoms with van der Waals surface area (Å²) in [4.78, 5) is 12.3. The van der Waals surface area contributed by atoms with Crippen LogP contribution in [0.15, 0.2) is 30.5 Å². The predicted molar refractivity (Wildman–Crippen MR) is 79.4 cm³/mol. The Morgan fingerprint density at radius 1 is 1.45 bits per heavy atom. The molecule has 3 N–H and O–H groups in total. The molecule has 0 saturated heterocycles. The summed E-state index contributed by atoms with van der Waals surface area (Å²) in [5, 5.41) is 7.06. The molecule has 0 spiro atoms. The van der Waals surface area contributed by atoms with Crippen LogP contribution >= 0.6 is 0 Å². The number of aromatic nitrogens is 2. The van der Waals surface area contributed by atoms with Crippen LogP contribution in [0.3, 0.4) is 0 Å². The third-order valence-corrected chi connectivity index (χ3v) is 3.38. The van der Waals surface area contributed by atoms with Crippen molar-refractivity contribution in [2.45, 2.75) is 33.4 Å². The van der Waals surface area contributed by atoms with Gasteiger partial charge in [-0.2, -0.15) is 5.10 Å². The lowest BCUT2D eigenvalue weighted by Gasteiger charge is -2.17. The maximum Gasteiger partial charge on any atom is 0.272 e. The van der Waals surface area contributed by atoms with Gasteiger partial charge in [0.2, 0.25) is 0 Å². The third-order valence-electron chi connectivity index (χ3n) is 3.38. The zero-order valence-corrected chi connectivity index (χ0v) is 12.1. The highest BCUT2D eigenvalue weighted by Crippen LogP contribution is 2.18. The molecule has 0 aliphatic carbocycles. The van der Waals surface area contributed by atoms with Gasteiger partial charge >= 0.3 is 0 Å². The van der Waals surface area contributed by atoms with Crippen molar-refractivity contribution in [1.29, 1.82) is 0 Å². The van der Waals surface area contributed by atoms with Crippen molar-refractivity contribution in [1.82, 2.24) is 15.1 Å². The second kappa shape index (κ2) is 5.77. The number of anilines is 1. The molecule has 106 valence electrons. The molecular formula is C15H20N4O. The molecule has 1 aromatic carbocycles. The molecule has 2 rings (SSSR count). The van der Waals surface area contributed by atoms with E-state index < -0.39 is 0 Å². The van der Waals surface area contributed by atoms with Gasteiger partial charge in [0.15, 0.2) is 0 Å². The molecule has 5 nitrogen and oxygen atoms in total. The van der Waals surface area contributed by atoms with E-state index in [0.29, 0.717) is 17.9 Å². The Morgan fingerprint density at radius 3 is 2.80 bits per heavy atom. The second-order valence-corrected chi connectivity index (χ2v) is 4.82. The first kappa shape index (κ1) is 14.1. The average Bonchev–Trinajstić information content (AvgIpc) is 2.80. The van der Waals surface area contributed by atoms with Crippen LogP contribution in [-0.2, 0) is 6.54 Å². The van der Waals surface area contributed by atoms with Gasteiger partial charge < -0.3 is 11.1 Å². The molecule has 0 saturated carbocycles. The highest BCUT2D eigenvalue weighted by atomic mass is 16.2. The molecule has 20 heavy (non-hydrogen) atoms. The Balaban J connectivity index is 2.20. The summed E-state index contributed by atoms with van der Waals surface area (Å²) in [6.45, 7) is 6.53. The maximum absolute atomic E-state index is 12.3. The molecule has 2 aromatic rings. The van der Waals surface area contributed by atoms with Crippen molar-refractivity contribution in [2.75, 3.05) is 5.73 Å². The normalized spacial score (nSPS) is 12.2. The number of carbonyl (C=O) groups is 1. The molecule has 0 fully saturated rings. The number of rotatable bonds is 4. The van der Waals surface area contributed by atoms with Gasteiger partial charge in [-0.15, -0.1) is 0 Å². The van der Waals surface area contributed by atoms with Crippen LogP contribution < -0.4 is 11.1 Å². The minimum atomic E-state index is -0.197. The molecule has 1 unspecified atom stereocenters. The molecule has 5 heteroatoms. The van der Waals surface area contributed by atoms with Gasteiger partial charge in [0.05, 0.1) is 17.9 Å². The van der Waals surface area contributed by atoms with Crippen molar-refractivity contribution in [3.05, 3.63) is 47.3 Å². The second-order valence-electron chi connectivity index (χ2n) is 4.82. The number of hydrogen-bond acceptors (Lipinski definition) is 3. The summed E-state index contributed by atoms with van der Waals surface area (Å²) in [5.74, 6) is -0.197. The van der Waals surface area contributed by atoms with Gasteiger partial charge in [-0.05, 0) is 31.9 Å². The summed E-state index contributed by atoms with van der Waals surface area (Å²) >= 11 is 0. The Hall–Kier alpha value is -2.30. The number of benzene rings is 1. The van der Waals surface area contributed by atoms with Gasteiger partial charge in [0.25, 0.3) is 5.91 Å². The first-order valence-electron chi connectivity index (χ1n) is 6.72. The standard InChI is InChI=1S/C15H20N4O/c1-4-19-14(13(16)9-17-19)15(20)18-11(3)12-8-6-5-7-10(12)2/h5-9,11H,4,16H2,1-3H3,(H,18,20). The van der Waals surface area contributed by atoms with E-state index in [-0.39, 0.29) is 11.9 Å². The number of carbonyl (C=O) groups excluding carboxylic acids is 1. The Bertz CT molecular complexity index is 618. The minimum absolute atomic E-state index is 0.0803. The van der Waals surface area contributed by atoms with Crippen LogP contribution in [0.25, 0.3) is 0 Å². The SMILES string of the molecule is CCn1ncc(N)c1C(=O)NC(C)c1ccccc1C. The van der Waals surface area contributed by atoms with Gasteiger partial charge in [0, 0.05) is 6.54 Å². The Labute approximate surface area is 118 Å². The zero-order valence-electron chi connectivity index (χ0n) is 12.1. The molecule has 1 amide bonds. The van der Waals surface area contributed by atoms with Crippen LogP contribution in [0, 0.1) is 6.92 Å². The predicted octanol–water partition coefficient (Wildman–Crippen LogP) is 2.28. The third kappa shape index (κ3) is 2.66. The molecule has 1 atom stereocenters. The summed E-state index contributed by atoms with van der Waals surface area (Å²) in [6.07, 6.45) is 1.51. The molecule has 0 bridgehead atoms. The van der Waals surface area contributed by atoms with E-state index in [1.54, 1.807) is 4.68 Å². The quantitative estimate of drug-likeness (QED) is 0.896. The molecule has 1 aromatic heterocycles. The van der Waals surface area contributed by atoms with E-state index in [2.05, 4.69) is 10.4 Å². The smallest absolute Gasteiger partial charge is 0.272 e. The van der Waals surface area contributed by atoms with Crippen LogP contribution in [0.5, 0.6) is 0 Å². The van der Waals surface area contributed by atoms with Crippen molar-refractivity contribution >= 4 is 11.6 Å². The number of nitrogen functional groups attached to an aromatic ring is 1. The molecule has 0 aliphatic rings. The van der Waals surface area contributed by atoms with Crippen molar-refractivity contribution < 1.29 is 4.79 Å². The van der Waals surface area contributed by atoms with Crippen molar-refractivity contribution in [3.63, 3.8) is 0 Å². The van der Waals surface area contributed by atoms with Gasteiger partial charge in [0.1, 0.15) is 5.69 Å². The molecule has 0 aliphatic heterocycles. The van der Waals surface area contributed by atoms with Crippen molar-refractivity contribution in [2.24, 2.45) is 0 Å². The van der Waals surface area contributed by atoms with Crippen LogP contribution in [-0.4, -0.2) is 15.7 Å². The summed E-state index contributed by atoms with van der Waals surface area (Å²) in [6, 6.07) is 7.92. The minimum Gasteiger partial charge on any atom is -0.396 e. The lowest BCUT2D eigenvalue weighted by Crippen LogP contribution is -2.29. The van der Waals surface area contributed by atoms with E-state index in [4.69, 9.17) is 5.73 Å².